The molecule has 6 nitrogen and oxygen atoms in total. The molecule has 0 fully saturated rings. The molecule has 2 amide bonds. The summed E-state index contributed by atoms with van der Waals surface area (Å²) in [6.45, 7) is 5.45. The fourth-order valence-corrected chi connectivity index (χ4v) is 3.28. The van der Waals surface area contributed by atoms with Crippen molar-refractivity contribution < 1.29 is 18.0 Å². The maximum atomic E-state index is 12.7. The highest BCUT2D eigenvalue weighted by Crippen LogP contribution is 2.19. The Labute approximate surface area is 160 Å². The molecule has 0 aromatic heterocycles. The minimum Gasteiger partial charge on any atom is -0.332 e. The molecule has 2 rings (SSSR count). The summed E-state index contributed by atoms with van der Waals surface area (Å²) < 4.78 is 23.5. The van der Waals surface area contributed by atoms with Crippen molar-refractivity contribution in [3.8, 4) is 0 Å². The lowest BCUT2D eigenvalue weighted by molar-refractivity contribution is -0.116. The highest BCUT2D eigenvalue weighted by Gasteiger charge is 2.19. The molecular formula is C20H24N2O4S. The van der Waals surface area contributed by atoms with Gasteiger partial charge in [-0.2, -0.15) is 0 Å². The van der Waals surface area contributed by atoms with Gasteiger partial charge in [0.25, 0.3) is 5.91 Å². The van der Waals surface area contributed by atoms with E-state index in [-0.39, 0.29) is 22.9 Å². The maximum Gasteiger partial charge on any atom is 0.254 e. The van der Waals surface area contributed by atoms with Crippen LogP contribution in [0.5, 0.6) is 0 Å². The first kappa shape index (κ1) is 20.6. The van der Waals surface area contributed by atoms with Crippen LogP contribution in [-0.2, 0) is 14.6 Å². The number of carbonyl (C=O) groups is 2. The number of likely N-dealkylation sites (N-methyl/N-ethyl adjacent to an activating group) is 1. The smallest absolute Gasteiger partial charge is 0.254 e. The predicted molar refractivity (Wildman–Crippen MR) is 106 cm³/mol. The zero-order valence-corrected chi connectivity index (χ0v) is 17.0. The van der Waals surface area contributed by atoms with Gasteiger partial charge in [0, 0.05) is 24.6 Å². The van der Waals surface area contributed by atoms with E-state index in [1.165, 1.54) is 24.1 Å². The molecule has 0 atom stereocenters. The third-order valence-electron chi connectivity index (χ3n) is 4.47. The third kappa shape index (κ3) is 4.95. The fraction of sp³-hybridized carbons (Fsp3) is 0.300. The predicted octanol–water partition coefficient (Wildman–Crippen LogP) is 2.73. The first-order valence-corrected chi connectivity index (χ1v) is 10.3. The number of anilines is 1. The van der Waals surface area contributed by atoms with E-state index < -0.39 is 15.7 Å². The molecule has 0 saturated carbocycles. The van der Waals surface area contributed by atoms with Crippen LogP contribution in [0.3, 0.4) is 0 Å². The fourth-order valence-electron chi connectivity index (χ4n) is 2.63. The van der Waals surface area contributed by atoms with Crippen LogP contribution in [0.15, 0.2) is 41.3 Å². The number of amides is 2. The van der Waals surface area contributed by atoms with Crippen molar-refractivity contribution >= 4 is 27.3 Å². The summed E-state index contributed by atoms with van der Waals surface area (Å²) >= 11 is 0. The highest BCUT2D eigenvalue weighted by atomic mass is 32.2. The Morgan fingerprint density at radius 3 is 2.33 bits per heavy atom. The van der Waals surface area contributed by atoms with Crippen LogP contribution in [0, 0.1) is 20.8 Å². The van der Waals surface area contributed by atoms with Crippen LogP contribution >= 0.6 is 0 Å². The van der Waals surface area contributed by atoms with Gasteiger partial charge in [-0.05, 0) is 55.7 Å². The Bertz CT molecular complexity index is 997. The van der Waals surface area contributed by atoms with E-state index >= 15 is 0 Å². The van der Waals surface area contributed by atoms with E-state index in [1.54, 1.807) is 13.0 Å². The summed E-state index contributed by atoms with van der Waals surface area (Å²) in [6.07, 6.45) is 1.09. The number of carbonyl (C=O) groups excluding carboxylic acids is 2. The maximum absolute atomic E-state index is 12.7. The molecule has 144 valence electrons. The summed E-state index contributed by atoms with van der Waals surface area (Å²) in [5, 5.41) is 2.81. The van der Waals surface area contributed by atoms with Gasteiger partial charge in [0.1, 0.15) is 0 Å². The molecule has 0 unspecified atom stereocenters. The number of benzene rings is 2. The molecule has 0 aliphatic carbocycles. The average molecular weight is 388 g/mol. The second kappa shape index (κ2) is 7.92. The van der Waals surface area contributed by atoms with Gasteiger partial charge in [-0.1, -0.05) is 18.2 Å². The molecule has 2 aromatic carbocycles. The van der Waals surface area contributed by atoms with Gasteiger partial charge >= 0.3 is 0 Å². The van der Waals surface area contributed by atoms with Gasteiger partial charge in [-0.3, -0.25) is 9.59 Å². The van der Waals surface area contributed by atoms with Crippen LogP contribution in [0.1, 0.15) is 27.0 Å². The summed E-state index contributed by atoms with van der Waals surface area (Å²) in [6, 6.07) is 10.0. The monoisotopic (exact) mass is 388 g/mol. The minimum atomic E-state index is -3.42. The third-order valence-corrected chi connectivity index (χ3v) is 5.58. The first-order valence-electron chi connectivity index (χ1n) is 8.43. The quantitative estimate of drug-likeness (QED) is 0.854. The molecule has 2 aromatic rings. The van der Waals surface area contributed by atoms with Crippen LogP contribution in [-0.4, -0.2) is 45.0 Å². The van der Waals surface area contributed by atoms with Crippen molar-refractivity contribution in [2.75, 3.05) is 25.2 Å². The van der Waals surface area contributed by atoms with Crippen LogP contribution < -0.4 is 5.32 Å². The number of sulfone groups is 1. The van der Waals surface area contributed by atoms with E-state index in [0.717, 1.165) is 17.4 Å². The van der Waals surface area contributed by atoms with Crippen LogP contribution in [0.4, 0.5) is 5.69 Å². The lowest BCUT2D eigenvalue weighted by atomic mass is 10.1. The second-order valence-electron chi connectivity index (χ2n) is 6.71. The zero-order chi connectivity index (χ0) is 20.4. The van der Waals surface area contributed by atoms with Crippen molar-refractivity contribution in [2.45, 2.75) is 25.7 Å². The summed E-state index contributed by atoms with van der Waals surface area (Å²) in [5.74, 6) is -0.731. The highest BCUT2D eigenvalue weighted by molar-refractivity contribution is 7.90. The molecule has 0 bridgehead atoms. The van der Waals surface area contributed by atoms with E-state index in [9.17, 15) is 18.0 Å². The molecule has 0 aliphatic heterocycles. The standard InChI is InChI=1S/C20H24N2O4S/c1-13-7-6-8-18(15(13)3)21-19(23)12-22(4)20(24)17-11-16(27(5,25)26)10-9-14(17)2/h6-11H,12H2,1-5H3,(H,21,23). The average Bonchev–Trinajstić information content (AvgIpc) is 2.57. The van der Waals surface area contributed by atoms with Crippen LogP contribution in [0.2, 0.25) is 0 Å². The van der Waals surface area contributed by atoms with Gasteiger partial charge < -0.3 is 10.2 Å². The SMILES string of the molecule is Cc1ccc(S(C)(=O)=O)cc1C(=O)N(C)CC(=O)Nc1cccc(C)c1C. The van der Waals surface area contributed by atoms with Crippen molar-refractivity contribution in [3.05, 3.63) is 58.7 Å². The van der Waals surface area contributed by atoms with E-state index in [2.05, 4.69) is 5.32 Å². The zero-order valence-electron chi connectivity index (χ0n) is 16.2. The number of hydrogen-bond donors (Lipinski definition) is 1. The molecule has 7 heteroatoms. The topological polar surface area (TPSA) is 83.6 Å². The van der Waals surface area contributed by atoms with Crippen molar-refractivity contribution in [3.63, 3.8) is 0 Å². The lowest BCUT2D eigenvalue weighted by Crippen LogP contribution is -2.35. The molecule has 0 saturated heterocycles. The van der Waals surface area contributed by atoms with E-state index in [4.69, 9.17) is 0 Å². The number of rotatable bonds is 5. The van der Waals surface area contributed by atoms with E-state index in [1.807, 2.05) is 32.0 Å². The number of nitrogens with zero attached hydrogens (tertiary/aromatic N) is 1. The number of nitrogens with one attached hydrogen (secondary N) is 1. The molecule has 1 N–H and O–H groups in total. The van der Waals surface area contributed by atoms with Crippen molar-refractivity contribution in [2.24, 2.45) is 0 Å². The molecule has 0 radical (unpaired) electrons. The number of aryl methyl sites for hydroxylation is 2. The van der Waals surface area contributed by atoms with Crippen LogP contribution in [0.25, 0.3) is 0 Å². The summed E-state index contributed by atoms with van der Waals surface area (Å²) in [4.78, 5) is 26.4. The Balaban J connectivity index is 2.16. The Kier molecular flexibility index (Phi) is 6.05. The molecular weight excluding hydrogens is 364 g/mol. The Hall–Kier alpha value is -2.67. The lowest BCUT2D eigenvalue weighted by Gasteiger charge is -2.19. The largest absolute Gasteiger partial charge is 0.332 e. The van der Waals surface area contributed by atoms with Gasteiger partial charge in [-0.15, -0.1) is 0 Å². The molecule has 0 aliphatic rings. The Morgan fingerprint density at radius 1 is 1.04 bits per heavy atom. The number of hydrogen-bond acceptors (Lipinski definition) is 4. The van der Waals surface area contributed by atoms with Crippen molar-refractivity contribution in [1.82, 2.24) is 4.90 Å². The molecule has 0 spiro atoms. The molecule has 27 heavy (non-hydrogen) atoms. The van der Waals surface area contributed by atoms with Gasteiger partial charge in [-0.25, -0.2) is 8.42 Å². The Morgan fingerprint density at radius 2 is 1.70 bits per heavy atom. The first-order chi connectivity index (χ1) is 12.5. The summed E-state index contributed by atoms with van der Waals surface area (Å²) in [5.41, 5.74) is 3.65. The molecule has 0 heterocycles. The van der Waals surface area contributed by atoms with Gasteiger partial charge in [0.2, 0.25) is 5.91 Å². The van der Waals surface area contributed by atoms with E-state index in [0.29, 0.717) is 11.3 Å². The van der Waals surface area contributed by atoms with Crippen molar-refractivity contribution in [1.29, 1.82) is 0 Å². The van der Waals surface area contributed by atoms with Gasteiger partial charge in [0.05, 0.1) is 11.4 Å². The minimum absolute atomic E-state index is 0.0738. The second-order valence-corrected chi connectivity index (χ2v) is 8.72. The van der Waals surface area contributed by atoms with Gasteiger partial charge in [0.15, 0.2) is 9.84 Å². The normalized spacial score (nSPS) is 11.1. The summed E-state index contributed by atoms with van der Waals surface area (Å²) in [7, 11) is -1.91.